The van der Waals surface area contributed by atoms with E-state index in [1.165, 1.54) is 0 Å². The normalized spacial score (nSPS) is 14.7. The summed E-state index contributed by atoms with van der Waals surface area (Å²) in [5, 5.41) is 3.32. The van der Waals surface area contributed by atoms with Gasteiger partial charge in [-0.25, -0.2) is 0 Å². The summed E-state index contributed by atoms with van der Waals surface area (Å²) in [6, 6.07) is 6.36. The Hall–Kier alpha value is -0.930. The van der Waals surface area contributed by atoms with Crippen LogP contribution in [0.2, 0.25) is 0 Å². The Labute approximate surface area is 98.2 Å². The van der Waals surface area contributed by atoms with Gasteiger partial charge in [-0.3, -0.25) is 4.98 Å². The van der Waals surface area contributed by atoms with Crippen LogP contribution in [0.3, 0.4) is 0 Å². The largest absolute Gasteiger partial charge is 0.377 e. The summed E-state index contributed by atoms with van der Waals surface area (Å²) in [4.78, 5) is 4.35. The number of nitrogens with zero attached hydrogens (tertiary/aromatic N) is 1. The molecule has 0 spiro atoms. The molecular weight excluding hydrogens is 200 g/mol. The highest BCUT2D eigenvalue weighted by atomic mass is 16.5. The Bertz CT molecular complexity index is 277. The van der Waals surface area contributed by atoms with Crippen molar-refractivity contribution in [3.8, 4) is 0 Å². The molecule has 16 heavy (non-hydrogen) atoms. The second-order valence-corrected chi connectivity index (χ2v) is 3.82. The quantitative estimate of drug-likeness (QED) is 0.766. The molecule has 1 aromatic heterocycles. The van der Waals surface area contributed by atoms with E-state index in [4.69, 9.17) is 4.74 Å². The maximum atomic E-state index is 5.73. The van der Waals surface area contributed by atoms with Crippen LogP contribution in [-0.2, 0) is 11.2 Å². The first kappa shape index (κ1) is 13.1. The van der Waals surface area contributed by atoms with Gasteiger partial charge in [-0.15, -0.1) is 0 Å². The Kier molecular flexibility index (Phi) is 6.04. The minimum Gasteiger partial charge on any atom is -0.377 e. The number of likely N-dealkylation sites (N-methyl/N-ethyl adjacent to an activating group) is 1. The first-order valence-electron chi connectivity index (χ1n) is 6.00. The zero-order chi connectivity index (χ0) is 11.8. The first-order valence-corrected chi connectivity index (χ1v) is 6.00. The second kappa shape index (κ2) is 7.36. The fourth-order valence-electron chi connectivity index (χ4n) is 1.90. The second-order valence-electron chi connectivity index (χ2n) is 3.82. The highest BCUT2D eigenvalue weighted by Crippen LogP contribution is 2.09. The van der Waals surface area contributed by atoms with Crippen molar-refractivity contribution < 1.29 is 4.74 Å². The Morgan fingerprint density at radius 3 is 2.69 bits per heavy atom. The van der Waals surface area contributed by atoms with E-state index in [-0.39, 0.29) is 6.10 Å². The number of hydrogen-bond donors (Lipinski definition) is 1. The van der Waals surface area contributed by atoms with Gasteiger partial charge in [0.25, 0.3) is 0 Å². The van der Waals surface area contributed by atoms with E-state index in [1.807, 2.05) is 32.3 Å². The zero-order valence-electron chi connectivity index (χ0n) is 10.4. The van der Waals surface area contributed by atoms with Gasteiger partial charge in [0.15, 0.2) is 0 Å². The van der Waals surface area contributed by atoms with Gasteiger partial charge in [0, 0.05) is 31.0 Å². The van der Waals surface area contributed by atoms with Gasteiger partial charge in [0.2, 0.25) is 0 Å². The molecule has 0 bridgehead atoms. The predicted molar refractivity (Wildman–Crippen MR) is 66.5 cm³/mol. The van der Waals surface area contributed by atoms with E-state index in [1.54, 1.807) is 0 Å². The van der Waals surface area contributed by atoms with Gasteiger partial charge in [-0.2, -0.15) is 0 Å². The average Bonchev–Trinajstić information content (AvgIpc) is 2.35. The van der Waals surface area contributed by atoms with Gasteiger partial charge in [-0.05, 0) is 32.5 Å². The summed E-state index contributed by atoms with van der Waals surface area (Å²) in [6.45, 7) is 4.96. The number of nitrogens with one attached hydrogen (secondary N) is 1. The molecular formula is C13H22N2O. The van der Waals surface area contributed by atoms with E-state index in [2.05, 4.69) is 23.3 Å². The van der Waals surface area contributed by atoms with Crippen LogP contribution in [0.1, 0.15) is 26.0 Å². The molecule has 0 saturated heterocycles. The maximum absolute atomic E-state index is 5.73. The third kappa shape index (κ3) is 3.91. The SMILES string of the molecule is CCOC(CC)C(Cc1ccccn1)NC. The molecule has 1 N–H and O–H groups in total. The minimum absolute atomic E-state index is 0.261. The molecule has 0 radical (unpaired) electrons. The van der Waals surface area contributed by atoms with Crippen LogP contribution in [0.25, 0.3) is 0 Å². The summed E-state index contributed by atoms with van der Waals surface area (Å²) >= 11 is 0. The van der Waals surface area contributed by atoms with Crippen LogP contribution in [-0.4, -0.2) is 30.8 Å². The van der Waals surface area contributed by atoms with Gasteiger partial charge >= 0.3 is 0 Å². The minimum atomic E-state index is 0.261. The smallest absolute Gasteiger partial charge is 0.0729 e. The predicted octanol–water partition coefficient (Wildman–Crippen LogP) is 2.03. The lowest BCUT2D eigenvalue weighted by atomic mass is 10.0. The molecule has 0 aromatic carbocycles. The van der Waals surface area contributed by atoms with Crippen LogP contribution in [0.5, 0.6) is 0 Å². The third-order valence-corrected chi connectivity index (χ3v) is 2.76. The van der Waals surface area contributed by atoms with Crippen molar-refractivity contribution in [3.05, 3.63) is 30.1 Å². The molecule has 2 unspecified atom stereocenters. The summed E-state index contributed by atoms with van der Waals surface area (Å²) in [5.74, 6) is 0. The fourth-order valence-corrected chi connectivity index (χ4v) is 1.90. The maximum Gasteiger partial charge on any atom is 0.0729 e. The molecule has 0 aliphatic carbocycles. The van der Waals surface area contributed by atoms with Gasteiger partial charge in [0.1, 0.15) is 0 Å². The van der Waals surface area contributed by atoms with Crippen LogP contribution in [0, 0.1) is 0 Å². The lowest BCUT2D eigenvalue weighted by Gasteiger charge is -2.25. The van der Waals surface area contributed by atoms with Crippen molar-refractivity contribution in [2.24, 2.45) is 0 Å². The Morgan fingerprint density at radius 2 is 2.19 bits per heavy atom. The highest BCUT2D eigenvalue weighted by molar-refractivity contribution is 5.06. The summed E-state index contributed by atoms with van der Waals surface area (Å²) < 4.78 is 5.73. The van der Waals surface area contributed by atoms with E-state index < -0.39 is 0 Å². The van der Waals surface area contributed by atoms with Gasteiger partial charge < -0.3 is 10.1 Å². The summed E-state index contributed by atoms with van der Waals surface area (Å²) in [5.41, 5.74) is 1.11. The van der Waals surface area contributed by atoms with Crippen LogP contribution >= 0.6 is 0 Å². The first-order chi connectivity index (χ1) is 7.81. The van der Waals surface area contributed by atoms with E-state index in [0.29, 0.717) is 6.04 Å². The number of aromatic nitrogens is 1. The lowest BCUT2D eigenvalue weighted by Crippen LogP contribution is -2.41. The fraction of sp³-hybridized carbons (Fsp3) is 0.615. The molecule has 1 aromatic rings. The van der Waals surface area contributed by atoms with Crippen molar-refractivity contribution in [2.75, 3.05) is 13.7 Å². The molecule has 0 saturated carbocycles. The molecule has 1 heterocycles. The molecule has 3 nitrogen and oxygen atoms in total. The molecule has 2 atom stereocenters. The average molecular weight is 222 g/mol. The van der Waals surface area contributed by atoms with Crippen molar-refractivity contribution in [1.29, 1.82) is 0 Å². The molecule has 0 aliphatic rings. The monoisotopic (exact) mass is 222 g/mol. The van der Waals surface area contributed by atoms with Crippen molar-refractivity contribution >= 4 is 0 Å². The molecule has 0 aliphatic heterocycles. The van der Waals surface area contributed by atoms with Crippen molar-refractivity contribution in [3.63, 3.8) is 0 Å². The van der Waals surface area contributed by atoms with Crippen molar-refractivity contribution in [2.45, 2.75) is 38.8 Å². The van der Waals surface area contributed by atoms with Gasteiger partial charge in [-0.1, -0.05) is 13.0 Å². The lowest BCUT2D eigenvalue weighted by molar-refractivity contribution is 0.0336. The molecule has 90 valence electrons. The van der Waals surface area contributed by atoms with Crippen LogP contribution < -0.4 is 5.32 Å². The Balaban J connectivity index is 2.60. The topological polar surface area (TPSA) is 34.1 Å². The molecule has 3 heteroatoms. The molecule has 0 fully saturated rings. The van der Waals surface area contributed by atoms with Crippen molar-refractivity contribution in [1.82, 2.24) is 10.3 Å². The Morgan fingerprint density at radius 1 is 1.38 bits per heavy atom. The number of ether oxygens (including phenoxy) is 1. The highest BCUT2D eigenvalue weighted by Gasteiger charge is 2.19. The molecule has 1 rings (SSSR count). The number of hydrogen-bond acceptors (Lipinski definition) is 3. The third-order valence-electron chi connectivity index (χ3n) is 2.76. The summed E-state index contributed by atoms with van der Waals surface area (Å²) in [6.07, 6.45) is 4.03. The van der Waals surface area contributed by atoms with Crippen LogP contribution in [0.4, 0.5) is 0 Å². The van der Waals surface area contributed by atoms with E-state index in [9.17, 15) is 0 Å². The number of rotatable bonds is 7. The number of pyridine rings is 1. The summed E-state index contributed by atoms with van der Waals surface area (Å²) in [7, 11) is 1.98. The molecule has 0 amide bonds. The van der Waals surface area contributed by atoms with Gasteiger partial charge in [0.05, 0.1) is 6.10 Å². The standard InChI is InChI=1S/C13H22N2O/c1-4-13(16-5-2)12(14-3)10-11-8-6-7-9-15-11/h6-9,12-14H,4-5,10H2,1-3H3. The van der Waals surface area contributed by atoms with E-state index >= 15 is 0 Å². The van der Waals surface area contributed by atoms with E-state index in [0.717, 1.165) is 25.1 Å². The zero-order valence-corrected chi connectivity index (χ0v) is 10.4. The van der Waals surface area contributed by atoms with Crippen LogP contribution in [0.15, 0.2) is 24.4 Å².